The first-order chi connectivity index (χ1) is 9.75. The molecule has 6 heteroatoms. The average molecular weight is 315 g/mol. The van der Waals surface area contributed by atoms with Crippen LogP contribution in [0.15, 0.2) is 0 Å². The first kappa shape index (κ1) is 18.9. The first-order valence-electron chi connectivity index (χ1n) is 7.69. The highest BCUT2D eigenvalue weighted by atomic mass is 16.6. The average Bonchev–Trinajstić information content (AvgIpc) is 2.94. The minimum atomic E-state index is -1.17. The van der Waals surface area contributed by atoms with E-state index in [1.807, 2.05) is 13.8 Å². The molecule has 3 unspecified atom stereocenters. The summed E-state index contributed by atoms with van der Waals surface area (Å²) < 4.78 is 5.19. The van der Waals surface area contributed by atoms with Gasteiger partial charge < -0.3 is 20.3 Å². The van der Waals surface area contributed by atoms with Crippen molar-refractivity contribution in [3.05, 3.63) is 0 Å². The topological polar surface area (TPSA) is 95.9 Å². The second kappa shape index (κ2) is 6.16. The molecule has 0 bridgehead atoms. The van der Waals surface area contributed by atoms with Gasteiger partial charge in [-0.2, -0.15) is 0 Å². The van der Waals surface area contributed by atoms with E-state index in [1.165, 1.54) is 0 Å². The first-order valence-corrected chi connectivity index (χ1v) is 7.69. The predicted molar refractivity (Wildman–Crippen MR) is 82.3 cm³/mol. The van der Waals surface area contributed by atoms with Crippen molar-refractivity contribution >= 4 is 11.9 Å². The lowest BCUT2D eigenvalue weighted by molar-refractivity contribution is -0.114. The Hall–Kier alpha value is -1.14. The summed E-state index contributed by atoms with van der Waals surface area (Å²) in [4.78, 5) is 23.8. The molecule has 22 heavy (non-hydrogen) atoms. The van der Waals surface area contributed by atoms with Crippen LogP contribution in [-0.2, 0) is 9.53 Å². The maximum absolute atomic E-state index is 11.9. The number of aliphatic hydroxyl groups is 2. The number of Topliss-reactive ketones (excluding diaryl/α,β-unsaturated/α-hetero) is 1. The van der Waals surface area contributed by atoms with E-state index in [2.05, 4.69) is 5.32 Å². The summed E-state index contributed by atoms with van der Waals surface area (Å²) >= 11 is 0. The number of hydrogen-bond donors (Lipinski definition) is 3. The molecule has 0 saturated heterocycles. The predicted octanol–water partition coefficient (Wildman–Crippen LogP) is 1.48. The molecule has 1 fully saturated rings. The third-order valence-corrected chi connectivity index (χ3v) is 3.78. The van der Waals surface area contributed by atoms with Crippen LogP contribution in [0, 0.1) is 17.8 Å². The number of hydrogen-bond acceptors (Lipinski definition) is 5. The van der Waals surface area contributed by atoms with Gasteiger partial charge in [-0.15, -0.1) is 0 Å². The van der Waals surface area contributed by atoms with Gasteiger partial charge in [0.25, 0.3) is 0 Å². The van der Waals surface area contributed by atoms with Gasteiger partial charge in [-0.1, -0.05) is 13.8 Å². The van der Waals surface area contributed by atoms with Crippen LogP contribution in [0.2, 0.25) is 0 Å². The molecule has 3 N–H and O–H groups in total. The van der Waals surface area contributed by atoms with Gasteiger partial charge in [0.15, 0.2) is 0 Å². The highest BCUT2D eigenvalue weighted by Crippen LogP contribution is 2.45. The van der Waals surface area contributed by atoms with E-state index >= 15 is 0 Å². The fourth-order valence-corrected chi connectivity index (χ4v) is 2.73. The van der Waals surface area contributed by atoms with Crippen molar-refractivity contribution < 1.29 is 24.5 Å². The van der Waals surface area contributed by atoms with Gasteiger partial charge in [0.05, 0.1) is 29.6 Å². The monoisotopic (exact) mass is 315 g/mol. The zero-order valence-electron chi connectivity index (χ0n) is 14.5. The number of ether oxygens (including phenoxy) is 1. The van der Waals surface area contributed by atoms with Crippen molar-refractivity contribution in [2.24, 2.45) is 17.8 Å². The summed E-state index contributed by atoms with van der Waals surface area (Å²) in [6.07, 6.45) is -1.67. The maximum atomic E-state index is 11.9. The Labute approximate surface area is 132 Å². The molecule has 1 aliphatic carbocycles. The van der Waals surface area contributed by atoms with Crippen molar-refractivity contribution in [2.75, 3.05) is 0 Å². The Kier molecular flexibility index (Phi) is 5.30. The maximum Gasteiger partial charge on any atom is 0.407 e. The van der Waals surface area contributed by atoms with Crippen LogP contribution in [0.25, 0.3) is 0 Å². The third kappa shape index (κ3) is 4.68. The van der Waals surface area contributed by atoms with Gasteiger partial charge >= 0.3 is 6.09 Å². The Bertz CT molecular complexity index is 433. The standard InChI is InChI=1S/C16H29NO5/c1-8(2)11(17-14(20)22-15(3,4)5)13(19)9-10(12(9)18)16(6,7)21/h8-11,13,19,21H,1-7H3,(H,17,20)/t9?,10?,11-,13?/m0/s1. The Morgan fingerprint density at radius 1 is 1.23 bits per heavy atom. The third-order valence-electron chi connectivity index (χ3n) is 3.78. The minimum Gasteiger partial charge on any atom is -0.444 e. The quantitative estimate of drug-likeness (QED) is 0.714. The van der Waals surface area contributed by atoms with E-state index in [9.17, 15) is 19.8 Å². The van der Waals surface area contributed by atoms with E-state index in [0.717, 1.165) is 0 Å². The lowest BCUT2D eigenvalue weighted by Crippen LogP contribution is -2.49. The number of carbonyl (C=O) groups is 2. The lowest BCUT2D eigenvalue weighted by Gasteiger charge is -2.29. The fraction of sp³-hybridized carbons (Fsp3) is 0.875. The van der Waals surface area contributed by atoms with Crippen molar-refractivity contribution in [3.8, 4) is 0 Å². The number of carbonyl (C=O) groups excluding carboxylic acids is 2. The molecule has 1 aliphatic rings. The van der Waals surface area contributed by atoms with E-state index in [1.54, 1.807) is 34.6 Å². The highest BCUT2D eigenvalue weighted by Gasteiger charge is 2.61. The van der Waals surface area contributed by atoms with Crippen molar-refractivity contribution in [1.82, 2.24) is 5.32 Å². The van der Waals surface area contributed by atoms with Gasteiger partial charge in [-0.25, -0.2) is 4.79 Å². The molecule has 0 heterocycles. The minimum absolute atomic E-state index is 0.0848. The van der Waals surface area contributed by atoms with Crippen molar-refractivity contribution in [1.29, 1.82) is 0 Å². The number of amides is 1. The van der Waals surface area contributed by atoms with Crippen LogP contribution in [0.4, 0.5) is 4.79 Å². The second-order valence-electron chi connectivity index (χ2n) is 7.97. The zero-order valence-corrected chi connectivity index (χ0v) is 14.5. The van der Waals surface area contributed by atoms with Gasteiger partial charge in [0, 0.05) is 0 Å². The Balaban J connectivity index is 2.76. The van der Waals surface area contributed by atoms with Crippen LogP contribution >= 0.6 is 0 Å². The smallest absolute Gasteiger partial charge is 0.407 e. The van der Waals surface area contributed by atoms with Gasteiger partial charge in [-0.3, -0.25) is 4.79 Å². The fourth-order valence-electron chi connectivity index (χ4n) is 2.73. The molecule has 0 aromatic heterocycles. The van der Waals surface area contributed by atoms with Crippen LogP contribution in [0.1, 0.15) is 48.5 Å². The van der Waals surface area contributed by atoms with Crippen molar-refractivity contribution in [3.63, 3.8) is 0 Å². The van der Waals surface area contributed by atoms with Gasteiger partial charge in [-0.05, 0) is 40.5 Å². The van der Waals surface area contributed by atoms with E-state index in [0.29, 0.717) is 0 Å². The summed E-state index contributed by atoms with van der Waals surface area (Å²) in [5.41, 5.74) is -1.81. The molecule has 128 valence electrons. The summed E-state index contributed by atoms with van der Waals surface area (Å²) in [6, 6.07) is -0.615. The summed E-state index contributed by atoms with van der Waals surface area (Å²) in [5.74, 6) is -1.50. The normalized spacial score (nSPS) is 24.9. The number of alkyl carbamates (subject to hydrolysis) is 1. The number of ketones is 1. The summed E-state index contributed by atoms with van der Waals surface area (Å²) in [6.45, 7) is 12.0. The molecule has 0 aromatic rings. The SMILES string of the molecule is CC(C)[C@H](NC(=O)OC(C)(C)C)C(O)C1C(=O)C1C(C)(C)O. The Morgan fingerprint density at radius 3 is 2.05 bits per heavy atom. The molecule has 1 saturated carbocycles. The zero-order chi connectivity index (χ0) is 17.5. The molecule has 6 nitrogen and oxygen atoms in total. The van der Waals surface area contributed by atoms with Crippen molar-refractivity contribution in [2.45, 2.75) is 71.8 Å². The molecular weight excluding hydrogens is 286 g/mol. The molecule has 0 aromatic carbocycles. The van der Waals surface area contributed by atoms with Crippen LogP contribution in [0.3, 0.4) is 0 Å². The number of rotatable bonds is 5. The van der Waals surface area contributed by atoms with Crippen LogP contribution < -0.4 is 5.32 Å². The van der Waals surface area contributed by atoms with E-state index < -0.39 is 41.3 Å². The molecule has 0 spiro atoms. The highest BCUT2D eigenvalue weighted by molar-refractivity contribution is 6.01. The van der Waals surface area contributed by atoms with Gasteiger partial charge in [0.2, 0.25) is 0 Å². The molecule has 4 atom stereocenters. The van der Waals surface area contributed by atoms with Gasteiger partial charge in [0.1, 0.15) is 11.4 Å². The number of aliphatic hydroxyl groups excluding tert-OH is 1. The number of nitrogens with one attached hydrogen (secondary N) is 1. The van der Waals surface area contributed by atoms with E-state index in [-0.39, 0.29) is 11.7 Å². The summed E-state index contributed by atoms with van der Waals surface area (Å²) in [7, 11) is 0. The second-order valence-corrected chi connectivity index (χ2v) is 7.97. The van der Waals surface area contributed by atoms with Crippen LogP contribution in [-0.4, -0.2) is 45.4 Å². The largest absolute Gasteiger partial charge is 0.444 e. The Morgan fingerprint density at radius 2 is 1.73 bits per heavy atom. The molecule has 1 amide bonds. The van der Waals surface area contributed by atoms with Crippen LogP contribution in [0.5, 0.6) is 0 Å². The molecular formula is C16H29NO5. The summed E-state index contributed by atoms with van der Waals surface area (Å²) in [5, 5.41) is 23.1. The van der Waals surface area contributed by atoms with E-state index in [4.69, 9.17) is 4.74 Å². The lowest BCUT2D eigenvalue weighted by atomic mass is 9.92. The molecule has 1 rings (SSSR count). The molecule has 0 aliphatic heterocycles. The molecule has 0 radical (unpaired) electrons.